The molecule has 1 rings (SSSR count). The third kappa shape index (κ3) is 12.5. The first-order chi connectivity index (χ1) is 26.1. The molecule has 0 unspecified atom stereocenters. The van der Waals surface area contributed by atoms with Crippen molar-refractivity contribution in [2.45, 2.75) is 133 Å². The van der Waals surface area contributed by atoms with E-state index in [-0.39, 0.29) is 13.2 Å². The first kappa shape index (κ1) is 51.1. The van der Waals surface area contributed by atoms with E-state index in [9.17, 15) is 84.2 Å². The van der Waals surface area contributed by atoms with Crippen LogP contribution in [0, 0.1) is 0 Å². The van der Waals surface area contributed by atoms with Gasteiger partial charge in [0.25, 0.3) is 0 Å². The largest absolute Gasteiger partial charge is 0.460 e. The Morgan fingerprint density at radius 3 is 1.25 bits per heavy atom. The van der Waals surface area contributed by atoms with Crippen LogP contribution in [0.4, 0.5) is 95.6 Å². The van der Waals surface area contributed by atoms with Crippen LogP contribution in [0.1, 0.15) is 90.9 Å². The topological polar surface area (TPSA) is 85.9 Å². The van der Waals surface area contributed by atoms with Crippen LogP contribution < -0.4 is 15.4 Å². The predicted molar refractivity (Wildman–Crippen MR) is 169 cm³/mol. The molecular formula is C33H39F17N2O5. The average Bonchev–Trinajstić information content (AvgIpc) is 3.09. The van der Waals surface area contributed by atoms with Crippen LogP contribution in [0.3, 0.4) is 0 Å². The number of hydrogen-bond acceptors (Lipinski definition) is 5. The third-order valence-corrected chi connectivity index (χ3v) is 7.84. The molecule has 1 aromatic carbocycles. The van der Waals surface area contributed by atoms with Gasteiger partial charge in [-0.3, -0.25) is 10.6 Å². The number of carbonyl (C=O) groups is 2. The number of amides is 2. The van der Waals surface area contributed by atoms with E-state index in [1.807, 2.05) is 24.5 Å². The van der Waals surface area contributed by atoms with Gasteiger partial charge in [-0.2, -0.15) is 74.6 Å². The van der Waals surface area contributed by atoms with Gasteiger partial charge in [0.15, 0.2) is 0 Å². The lowest BCUT2D eigenvalue weighted by Gasteiger charge is -2.41. The highest BCUT2D eigenvalue weighted by Crippen LogP contribution is 2.63. The zero-order valence-electron chi connectivity index (χ0n) is 30.1. The summed E-state index contributed by atoms with van der Waals surface area (Å²) < 4.78 is 246. The second-order valence-corrected chi connectivity index (χ2v) is 12.4. The van der Waals surface area contributed by atoms with Crippen molar-refractivity contribution >= 4 is 23.6 Å². The summed E-state index contributed by atoms with van der Waals surface area (Å²) in [7, 11) is 0. The summed E-state index contributed by atoms with van der Waals surface area (Å²) in [6, 6.07) is -2.13. The maximum Gasteiger partial charge on any atom is 0.460 e. The van der Waals surface area contributed by atoms with E-state index in [0.29, 0.717) is 37.8 Å². The molecule has 0 radical (unpaired) electrons. The molecule has 0 aromatic heterocycles. The van der Waals surface area contributed by atoms with Gasteiger partial charge < -0.3 is 14.2 Å². The first-order valence-electron chi connectivity index (χ1n) is 17.2. The van der Waals surface area contributed by atoms with Gasteiger partial charge in [-0.1, -0.05) is 78.1 Å². The van der Waals surface area contributed by atoms with Crippen molar-refractivity contribution in [1.82, 2.24) is 0 Å². The number of unbranched alkanes of at least 4 members (excludes halogenated alkanes) is 10. The summed E-state index contributed by atoms with van der Waals surface area (Å²) in [4.78, 5) is 24.6. The molecule has 7 nitrogen and oxygen atoms in total. The lowest BCUT2D eigenvalue weighted by Crippen LogP contribution is -2.72. The van der Waals surface area contributed by atoms with Crippen LogP contribution >= 0.6 is 0 Å². The molecule has 0 fully saturated rings. The molecule has 0 aliphatic heterocycles. The lowest BCUT2D eigenvalue weighted by atomic mass is 9.91. The summed E-state index contributed by atoms with van der Waals surface area (Å²) in [6.45, 7) is 3.61. The zero-order chi connectivity index (χ0) is 44.1. The fraction of sp³-hybridized carbons (Fsp3) is 0.697. The minimum absolute atomic E-state index is 0.167. The summed E-state index contributed by atoms with van der Waals surface area (Å²) in [6.07, 6.45) is -1.17. The molecule has 2 N–H and O–H groups in total. The number of ether oxygens (including phenoxy) is 3. The van der Waals surface area contributed by atoms with Gasteiger partial charge in [0.1, 0.15) is 5.75 Å². The summed E-state index contributed by atoms with van der Waals surface area (Å²) >= 11 is 0. The van der Waals surface area contributed by atoms with Gasteiger partial charge in [0, 0.05) is 23.5 Å². The number of alkyl halides is 15. The maximum absolute atomic E-state index is 14.6. The lowest BCUT2D eigenvalue weighted by molar-refractivity contribution is -0.451. The number of carbonyl (C=O) groups excluding carboxylic acids is 2. The van der Waals surface area contributed by atoms with Gasteiger partial charge in [-0.25, -0.2) is 9.59 Å². The van der Waals surface area contributed by atoms with Crippen LogP contribution in [0.2, 0.25) is 0 Å². The van der Waals surface area contributed by atoms with Crippen molar-refractivity contribution in [1.29, 1.82) is 0 Å². The number of halogens is 17. The molecule has 0 aliphatic rings. The Labute approximate surface area is 314 Å². The Bertz CT molecular complexity index is 1440. The first-order valence-corrected chi connectivity index (χ1v) is 17.2. The van der Waals surface area contributed by atoms with Crippen molar-refractivity contribution in [3.8, 4) is 5.75 Å². The molecule has 57 heavy (non-hydrogen) atoms. The van der Waals surface area contributed by atoms with Gasteiger partial charge in [0.05, 0.1) is 13.2 Å². The van der Waals surface area contributed by atoms with Crippen molar-refractivity contribution in [3.05, 3.63) is 30.0 Å². The number of benzene rings is 1. The fourth-order valence-electron chi connectivity index (χ4n) is 4.58. The van der Waals surface area contributed by atoms with E-state index >= 15 is 0 Å². The molecule has 0 bridgehead atoms. The third-order valence-electron chi connectivity index (χ3n) is 7.84. The van der Waals surface area contributed by atoms with Crippen LogP contribution in [0.5, 0.6) is 5.75 Å². The fourth-order valence-corrected chi connectivity index (χ4v) is 4.58. The van der Waals surface area contributed by atoms with E-state index in [1.165, 1.54) is 0 Å². The monoisotopic (exact) mass is 866 g/mol. The molecule has 0 atom stereocenters. The van der Waals surface area contributed by atoms with E-state index < -0.39 is 82.9 Å². The smallest absolute Gasteiger partial charge is 0.449 e. The van der Waals surface area contributed by atoms with Gasteiger partial charge in [0.2, 0.25) is 5.83 Å². The molecule has 1 aromatic rings. The molecule has 2 amide bonds. The molecular weight excluding hydrogens is 827 g/mol. The van der Waals surface area contributed by atoms with E-state index in [4.69, 9.17) is 9.47 Å². The second-order valence-electron chi connectivity index (χ2n) is 12.4. The predicted octanol–water partition coefficient (Wildman–Crippen LogP) is 13.4. The van der Waals surface area contributed by atoms with Crippen LogP contribution in [0.25, 0.3) is 0 Å². The highest BCUT2D eigenvalue weighted by molar-refractivity contribution is 5.89. The average molecular weight is 867 g/mol. The van der Waals surface area contributed by atoms with Crippen molar-refractivity contribution in [3.63, 3.8) is 0 Å². The van der Waals surface area contributed by atoms with E-state index in [2.05, 4.69) is 4.74 Å². The van der Waals surface area contributed by atoms with Crippen molar-refractivity contribution in [2.24, 2.45) is 0 Å². The second kappa shape index (κ2) is 20.7. The highest BCUT2D eigenvalue weighted by Gasteiger charge is 2.94. The van der Waals surface area contributed by atoms with Gasteiger partial charge in [-0.15, -0.1) is 0 Å². The van der Waals surface area contributed by atoms with E-state index in [0.717, 1.165) is 57.4 Å². The Balaban J connectivity index is 3.45. The molecule has 330 valence electrons. The molecule has 0 heterocycles. The summed E-state index contributed by atoms with van der Waals surface area (Å²) in [5.74, 6) is -56.4. The molecule has 24 heteroatoms. The standard InChI is InChI=1S/C33H39F17N2O5/c1-3-5-7-9-11-13-15-55-25(53)51-20-17-21(52-26(54)56-16-14-12-10-8-6-4-2)19-22(18-20)57-24(35)23(34)27(36,37)28(38,39)29(40,41)30(42,43)31(44,45)32(46,47)33(48,49)50/h17-19H,3-16H2,1-2H3,(H,51,53)(H,52,54). The Morgan fingerprint density at radius 1 is 0.509 bits per heavy atom. The number of hydrogen-bond donors (Lipinski definition) is 2. The molecule has 0 saturated carbocycles. The van der Waals surface area contributed by atoms with Crippen LogP contribution in [0.15, 0.2) is 30.0 Å². The Morgan fingerprint density at radius 2 is 0.860 bits per heavy atom. The summed E-state index contributed by atoms with van der Waals surface area (Å²) in [5.41, 5.74) is -1.26. The molecule has 0 aliphatic carbocycles. The van der Waals surface area contributed by atoms with Crippen molar-refractivity contribution < 1.29 is 98.4 Å². The van der Waals surface area contributed by atoms with Gasteiger partial charge >= 0.3 is 59.9 Å². The van der Waals surface area contributed by atoms with Crippen LogP contribution in [-0.4, -0.2) is 67.1 Å². The quantitative estimate of drug-likeness (QED) is 0.0614. The normalized spacial score (nSPS) is 13.9. The minimum Gasteiger partial charge on any atom is -0.449 e. The zero-order valence-corrected chi connectivity index (χ0v) is 30.1. The Hall–Kier alpha value is -3.89. The minimum atomic E-state index is -8.74. The van der Waals surface area contributed by atoms with Crippen LogP contribution in [-0.2, 0) is 9.47 Å². The highest BCUT2D eigenvalue weighted by atomic mass is 19.4. The number of anilines is 2. The number of nitrogens with one attached hydrogen (secondary N) is 2. The number of allylic oxidation sites excluding steroid dienone is 1. The van der Waals surface area contributed by atoms with Crippen molar-refractivity contribution in [2.75, 3.05) is 23.8 Å². The molecule has 0 saturated heterocycles. The SMILES string of the molecule is CCCCCCCCOC(=O)Nc1cc(NC(=O)OCCCCCCCC)cc(OC(F)=C(F)C(F)(F)C(F)(F)C(F)(F)C(F)(F)C(F)(F)C(F)(F)C(F)(F)F)c1. The van der Waals surface area contributed by atoms with E-state index in [1.54, 1.807) is 0 Å². The van der Waals surface area contributed by atoms with Gasteiger partial charge in [-0.05, 0) is 18.9 Å². The Kier molecular flexibility index (Phi) is 18.6. The maximum atomic E-state index is 14.6. The molecule has 0 spiro atoms. The number of rotatable bonds is 24. The summed E-state index contributed by atoms with van der Waals surface area (Å²) in [5, 5.41) is 3.97.